The maximum atomic E-state index is 4.45. The molecule has 1 saturated carbocycles. The van der Waals surface area contributed by atoms with Crippen LogP contribution in [0.3, 0.4) is 0 Å². The van der Waals surface area contributed by atoms with Crippen LogP contribution in [0.1, 0.15) is 12.8 Å². The molecule has 16 heavy (non-hydrogen) atoms. The monoisotopic (exact) mass is 214 g/mol. The van der Waals surface area contributed by atoms with Crippen molar-refractivity contribution in [2.45, 2.75) is 12.8 Å². The van der Waals surface area contributed by atoms with Gasteiger partial charge in [0.1, 0.15) is 17.8 Å². The molecular weight excluding hydrogens is 200 g/mol. The van der Waals surface area contributed by atoms with Crippen molar-refractivity contribution >= 4 is 16.9 Å². The number of aromatic amines is 1. The summed E-state index contributed by atoms with van der Waals surface area (Å²) in [6.07, 6.45) is 6.36. The standard InChI is InChI=1S/C12H14N4/c1-3-13-11-10(1)12(15-7-14-11)16-4-2-8-5-9(8)6-16/h1,3,7-9H,2,4-6H2,(H,13,14,15). The highest BCUT2D eigenvalue weighted by atomic mass is 15.2. The topological polar surface area (TPSA) is 44.8 Å². The van der Waals surface area contributed by atoms with Crippen molar-refractivity contribution in [3.05, 3.63) is 18.6 Å². The molecule has 2 aromatic heterocycles. The molecule has 0 amide bonds. The zero-order chi connectivity index (χ0) is 10.5. The van der Waals surface area contributed by atoms with Crippen molar-refractivity contribution in [3.63, 3.8) is 0 Å². The number of nitrogens with one attached hydrogen (secondary N) is 1. The van der Waals surface area contributed by atoms with Crippen molar-refractivity contribution in [1.29, 1.82) is 0 Å². The van der Waals surface area contributed by atoms with Gasteiger partial charge in [0.05, 0.1) is 5.39 Å². The number of hydrogen-bond acceptors (Lipinski definition) is 3. The Labute approximate surface area is 93.7 Å². The Morgan fingerprint density at radius 3 is 3.25 bits per heavy atom. The van der Waals surface area contributed by atoms with Gasteiger partial charge in [0.2, 0.25) is 0 Å². The van der Waals surface area contributed by atoms with E-state index < -0.39 is 0 Å². The number of aromatic nitrogens is 3. The Kier molecular flexibility index (Phi) is 1.59. The summed E-state index contributed by atoms with van der Waals surface area (Å²) in [4.78, 5) is 14.2. The molecule has 0 aromatic carbocycles. The molecule has 4 heteroatoms. The Morgan fingerprint density at radius 2 is 2.31 bits per heavy atom. The first-order chi connectivity index (χ1) is 7.92. The summed E-state index contributed by atoms with van der Waals surface area (Å²) >= 11 is 0. The molecule has 4 rings (SSSR count). The lowest BCUT2D eigenvalue weighted by Crippen LogP contribution is -2.32. The average Bonchev–Trinajstić information content (AvgIpc) is 2.93. The van der Waals surface area contributed by atoms with Crippen molar-refractivity contribution in [1.82, 2.24) is 15.0 Å². The highest BCUT2D eigenvalue weighted by Crippen LogP contribution is 2.45. The number of hydrogen-bond donors (Lipinski definition) is 1. The lowest BCUT2D eigenvalue weighted by Gasteiger charge is -2.27. The van der Waals surface area contributed by atoms with E-state index in [4.69, 9.17) is 0 Å². The summed E-state index contributed by atoms with van der Waals surface area (Å²) in [7, 11) is 0. The highest BCUT2D eigenvalue weighted by molar-refractivity contribution is 5.87. The van der Waals surface area contributed by atoms with Gasteiger partial charge in [0.25, 0.3) is 0 Å². The van der Waals surface area contributed by atoms with E-state index in [0.29, 0.717) is 0 Å². The first-order valence-corrected chi connectivity index (χ1v) is 5.95. The minimum atomic E-state index is 0.928. The van der Waals surface area contributed by atoms with Gasteiger partial charge in [0, 0.05) is 19.3 Å². The van der Waals surface area contributed by atoms with Crippen LogP contribution in [0.2, 0.25) is 0 Å². The minimum Gasteiger partial charge on any atom is -0.356 e. The molecule has 2 unspecified atom stereocenters. The zero-order valence-electron chi connectivity index (χ0n) is 9.06. The molecule has 1 aliphatic heterocycles. The molecule has 0 radical (unpaired) electrons. The zero-order valence-corrected chi connectivity index (χ0v) is 9.06. The smallest absolute Gasteiger partial charge is 0.142 e. The molecule has 3 heterocycles. The Balaban J connectivity index is 1.77. The van der Waals surface area contributed by atoms with Crippen LogP contribution in [-0.4, -0.2) is 28.0 Å². The van der Waals surface area contributed by atoms with Gasteiger partial charge in [0.15, 0.2) is 0 Å². The van der Waals surface area contributed by atoms with Gasteiger partial charge in [-0.1, -0.05) is 0 Å². The van der Waals surface area contributed by atoms with Crippen molar-refractivity contribution in [2.75, 3.05) is 18.0 Å². The number of H-pyrrole nitrogens is 1. The lowest BCUT2D eigenvalue weighted by atomic mass is 10.1. The van der Waals surface area contributed by atoms with Gasteiger partial charge >= 0.3 is 0 Å². The Morgan fingerprint density at radius 1 is 1.31 bits per heavy atom. The molecule has 0 spiro atoms. The fourth-order valence-corrected chi connectivity index (χ4v) is 2.89. The molecule has 2 aromatic rings. The molecule has 2 atom stereocenters. The van der Waals surface area contributed by atoms with E-state index in [1.807, 2.05) is 6.20 Å². The van der Waals surface area contributed by atoms with Crippen molar-refractivity contribution in [2.24, 2.45) is 11.8 Å². The minimum absolute atomic E-state index is 0.928. The van der Waals surface area contributed by atoms with E-state index in [0.717, 1.165) is 35.2 Å². The van der Waals surface area contributed by atoms with Crippen LogP contribution in [0.15, 0.2) is 18.6 Å². The van der Waals surface area contributed by atoms with Crippen LogP contribution in [0.5, 0.6) is 0 Å². The molecule has 0 bridgehead atoms. The lowest BCUT2D eigenvalue weighted by molar-refractivity contribution is 0.548. The molecule has 2 fully saturated rings. The number of fused-ring (bicyclic) bond motifs is 2. The van der Waals surface area contributed by atoms with Crippen LogP contribution in [0.4, 0.5) is 5.82 Å². The molecule has 1 N–H and O–H groups in total. The second kappa shape index (κ2) is 2.97. The normalized spacial score (nSPS) is 28.1. The van der Waals surface area contributed by atoms with Crippen molar-refractivity contribution in [3.8, 4) is 0 Å². The van der Waals surface area contributed by atoms with Gasteiger partial charge in [-0.2, -0.15) is 0 Å². The predicted octanol–water partition coefficient (Wildman–Crippen LogP) is 1.80. The number of piperidine rings is 1. The van der Waals surface area contributed by atoms with Gasteiger partial charge in [-0.15, -0.1) is 0 Å². The summed E-state index contributed by atoms with van der Waals surface area (Å²) in [5.74, 6) is 3.05. The number of nitrogens with zero attached hydrogens (tertiary/aromatic N) is 3. The second-order valence-corrected chi connectivity index (χ2v) is 4.93. The highest BCUT2D eigenvalue weighted by Gasteiger charge is 2.41. The third-order valence-corrected chi connectivity index (χ3v) is 3.93. The van der Waals surface area contributed by atoms with E-state index in [-0.39, 0.29) is 0 Å². The molecular formula is C12H14N4. The average molecular weight is 214 g/mol. The van der Waals surface area contributed by atoms with Gasteiger partial charge < -0.3 is 9.88 Å². The van der Waals surface area contributed by atoms with Crippen molar-refractivity contribution < 1.29 is 0 Å². The van der Waals surface area contributed by atoms with Crippen LogP contribution in [0.25, 0.3) is 11.0 Å². The van der Waals surface area contributed by atoms with Gasteiger partial charge in [-0.05, 0) is 30.7 Å². The first kappa shape index (κ1) is 8.56. The Bertz CT molecular complexity index is 533. The summed E-state index contributed by atoms with van der Waals surface area (Å²) in [5, 5.41) is 1.15. The SMILES string of the molecule is c1nc(N2CCC3CC3C2)c2cc[nH]c2n1. The molecule has 1 saturated heterocycles. The van der Waals surface area contributed by atoms with E-state index >= 15 is 0 Å². The van der Waals surface area contributed by atoms with Crippen LogP contribution in [0, 0.1) is 11.8 Å². The van der Waals surface area contributed by atoms with E-state index in [9.17, 15) is 0 Å². The first-order valence-electron chi connectivity index (χ1n) is 5.95. The number of rotatable bonds is 1. The molecule has 82 valence electrons. The summed E-state index contributed by atoms with van der Waals surface area (Å²) in [5.41, 5.74) is 0.947. The predicted molar refractivity (Wildman–Crippen MR) is 62.3 cm³/mol. The van der Waals surface area contributed by atoms with Crippen LogP contribution in [-0.2, 0) is 0 Å². The van der Waals surface area contributed by atoms with E-state index in [2.05, 4.69) is 25.9 Å². The fourth-order valence-electron chi connectivity index (χ4n) is 2.89. The number of anilines is 1. The summed E-state index contributed by atoms with van der Waals surface area (Å²) < 4.78 is 0. The summed E-state index contributed by atoms with van der Waals surface area (Å²) in [6.45, 7) is 2.33. The fraction of sp³-hybridized carbons (Fsp3) is 0.500. The van der Waals surface area contributed by atoms with Gasteiger partial charge in [-0.25, -0.2) is 9.97 Å². The third kappa shape index (κ3) is 1.16. The maximum absolute atomic E-state index is 4.45. The quantitative estimate of drug-likeness (QED) is 0.787. The van der Waals surface area contributed by atoms with Crippen LogP contribution < -0.4 is 4.90 Å². The molecule has 2 aliphatic rings. The van der Waals surface area contributed by atoms with E-state index in [1.165, 1.54) is 19.4 Å². The van der Waals surface area contributed by atoms with E-state index in [1.54, 1.807) is 6.33 Å². The van der Waals surface area contributed by atoms with Gasteiger partial charge in [-0.3, -0.25) is 0 Å². The largest absolute Gasteiger partial charge is 0.356 e. The second-order valence-electron chi connectivity index (χ2n) is 4.93. The van der Waals surface area contributed by atoms with Crippen LogP contribution >= 0.6 is 0 Å². The molecule has 4 nitrogen and oxygen atoms in total. The Hall–Kier alpha value is -1.58. The summed E-state index contributed by atoms with van der Waals surface area (Å²) in [6, 6.07) is 2.07. The maximum Gasteiger partial charge on any atom is 0.142 e. The third-order valence-electron chi connectivity index (χ3n) is 3.93. The molecule has 1 aliphatic carbocycles.